The van der Waals surface area contributed by atoms with Crippen LogP contribution in [0.15, 0.2) is 71.1 Å². The number of aromatic nitrogens is 1. The zero-order chi connectivity index (χ0) is 28.9. The largest absolute Gasteiger partial charge is 0.434 e. The second kappa shape index (κ2) is 12.9. The summed E-state index contributed by atoms with van der Waals surface area (Å²) in [6.07, 6.45) is 4.96. The summed E-state index contributed by atoms with van der Waals surface area (Å²) in [7, 11) is 0. The third-order valence-electron chi connectivity index (χ3n) is 7.63. The molecule has 212 valence electrons. The van der Waals surface area contributed by atoms with Gasteiger partial charge in [-0.05, 0) is 61.1 Å². The van der Waals surface area contributed by atoms with Crippen molar-refractivity contribution in [2.75, 3.05) is 0 Å². The minimum absolute atomic E-state index is 0.0537. The van der Waals surface area contributed by atoms with Crippen LogP contribution in [0.4, 0.5) is 0 Å². The second-order valence-corrected chi connectivity index (χ2v) is 11.2. The Morgan fingerprint density at radius 2 is 1.66 bits per heavy atom. The van der Waals surface area contributed by atoms with E-state index in [-0.39, 0.29) is 22.4 Å². The van der Waals surface area contributed by atoms with E-state index in [9.17, 15) is 14.4 Å². The molecule has 1 aliphatic carbocycles. The highest BCUT2D eigenvalue weighted by Gasteiger charge is 2.34. The number of halogens is 2. The summed E-state index contributed by atoms with van der Waals surface area (Å²) >= 11 is 12.9. The molecule has 41 heavy (non-hydrogen) atoms. The number of amides is 2. The molecular weight excluding hydrogens is 561 g/mol. The number of para-hydroxylation sites is 2. The van der Waals surface area contributed by atoms with Crippen LogP contribution in [0.3, 0.4) is 0 Å². The van der Waals surface area contributed by atoms with Crippen LogP contribution in [-0.2, 0) is 4.79 Å². The molecule has 4 aromatic rings. The molecule has 1 heterocycles. The van der Waals surface area contributed by atoms with Gasteiger partial charge >= 0.3 is 0 Å². The number of fused-ring (bicyclic) bond motifs is 1. The lowest BCUT2D eigenvalue weighted by molar-refractivity contribution is -0.125. The number of ketones is 1. The first-order valence-corrected chi connectivity index (χ1v) is 14.7. The van der Waals surface area contributed by atoms with Crippen LogP contribution in [0, 0.1) is 5.92 Å². The fourth-order valence-electron chi connectivity index (χ4n) is 5.39. The molecule has 0 spiro atoms. The predicted molar refractivity (Wildman–Crippen MR) is 160 cm³/mol. The fourth-order valence-corrected chi connectivity index (χ4v) is 5.90. The van der Waals surface area contributed by atoms with Crippen molar-refractivity contribution in [2.24, 2.45) is 5.92 Å². The minimum Gasteiger partial charge on any atom is -0.434 e. The summed E-state index contributed by atoms with van der Waals surface area (Å²) in [5, 5.41) is 6.62. The molecule has 2 atom stereocenters. The first kappa shape index (κ1) is 28.8. The molecule has 1 aliphatic rings. The van der Waals surface area contributed by atoms with Crippen molar-refractivity contribution in [3.8, 4) is 11.1 Å². The lowest BCUT2D eigenvalue weighted by Gasteiger charge is -2.31. The van der Waals surface area contributed by atoms with Gasteiger partial charge in [-0.1, -0.05) is 85.8 Å². The Labute approximate surface area is 248 Å². The highest BCUT2D eigenvalue weighted by molar-refractivity contribution is 6.35. The molecule has 5 rings (SSSR count). The molecule has 1 fully saturated rings. The van der Waals surface area contributed by atoms with Gasteiger partial charge in [0.2, 0.25) is 11.7 Å². The maximum atomic E-state index is 13.7. The molecule has 1 saturated carbocycles. The van der Waals surface area contributed by atoms with Gasteiger partial charge in [-0.3, -0.25) is 14.4 Å². The summed E-state index contributed by atoms with van der Waals surface area (Å²) in [5.74, 6) is -1.40. The Kier molecular flexibility index (Phi) is 9.06. The Hall–Kier alpha value is -3.68. The molecule has 0 bridgehead atoms. The Balaban J connectivity index is 1.35. The fraction of sp³-hybridized carbons (Fsp3) is 0.312. The van der Waals surface area contributed by atoms with Gasteiger partial charge in [0.25, 0.3) is 11.8 Å². The number of Topliss-reactive ketones (excluding diaryl/α,β-unsaturated/α-hetero) is 1. The Morgan fingerprint density at radius 1 is 0.927 bits per heavy atom. The Bertz CT molecular complexity index is 1550. The van der Waals surface area contributed by atoms with E-state index in [0.717, 1.165) is 43.2 Å². The van der Waals surface area contributed by atoms with Crippen molar-refractivity contribution in [1.29, 1.82) is 0 Å². The van der Waals surface area contributed by atoms with Crippen LogP contribution in [0.5, 0.6) is 0 Å². The minimum atomic E-state index is -0.850. The predicted octanol–water partition coefficient (Wildman–Crippen LogP) is 7.26. The van der Waals surface area contributed by atoms with Gasteiger partial charge in [0.05, 0.1) is 16.6 Å². The Morgan fingerprint density at radius 3 is 2.37 bits per heavy atom. The second-order valence-electron chi connectivity index (χ2n) is 10.3. The summed E-state index contributed by atoms with van der Waals surface area (Å²) in [5.41, 5.74) is 2.91. The van der Waals surface area contributed by atoms with E-state index in [1.165, 1.54) is 0 Å². The van der Waals surface area contributed by atoms with E-state index < -0.39 is 29.7 Å². The van der Waals surface area contributed by atoms with Crippen molar-refractivity contribution in [3.05, 3.63) is 88.2 Å². The van der Waals surface area contributed by atoms with Gasteiger partial charge in [0.1, 0.15) is 11.6 Å². The van der Waals surface area contributed by atoms with Crippen LogP contribution in [0.25, 0.3) is 22.2 Å². The van der Waals surface area contributed by atoms with Crippen molar-refractivity contribution in [3.63, 3.8) is 0 Å². The van der Waals surface area contributed by atoms with E-state index >= 15 is 0 Å². The summed E-state index contributed by atoms with van der Waals surface area (Å²) in [6.45, 7) is 1.81. The van der Waals surface area contributed by atoms with E-state index in [4.69, 9.17) is 27.6 Å². The molecule has 2 N–H and O–H groups in total. The third-order valence-corrected chi connectivity index (χ3v) is 8.28. The van der Waals surface area contributed by atoms with Gasteiger partial charge in [0.15, 0.2) is 5.58 Å². The molecule has 1 unspecified atom stereocenters. The van der Waals surface area contributed by atoms with Gasteiger partial charge < -0.3 is 15.1 Å². The number of hydrogen-bond acceptors (Lipinski definition) is 5. The topological polar surface area (TPSA) is 101 Å². The first-order chi connectivity index (χ1) is 19.9. The van der Waals surface area contributed by atoms with Crippen molar-refractivity contribution >= 4 is 51.9 Å². The van der Waals surface area contributed by atoms with Crippen LogP contribution in [0.1, 0.15) is 66.5 Å². The van der Waals surface area contributed by atoms with E-state index in [0.29, 0.717) is 22.5 Å². The average Bonchev–Trinajstić information content (AvgIpc) is 3.43. The van der Waals surface area contributed by atoms with E-state index in [2.05, 4.69) is 15.6 Å². The zero-order valence-corrected chi connectivity index (χ0v) is 24.2. The van der Waals surface area contributed by atoms with Crippen LogP contribution < -0.4 is 10.6 Å². The van der Waals surface area contributed by atoms with Crippen molar-refractivity contribution in [1.82, 2.24) is 15.6 Å². The molecule has 0 saturated heterocycles. The number of nitrogens with one attached hydrogen (secondary N) is 2. The maximum Gasteiger partial charge on any atom is 0.266 e. The zero-order valence-electron chi connectivity index (χ0n) is 22.7. The number of carbonyl (C=O) groups is 3. The first-order valence-electron chi connectivity index (χ1n) is 13.9. The number of carbonyl (C=O) groups excluding carboxylic acids is 3. The number of oxazole rings is 1. The van der Waals surface area contributed by atoms with Crippen LogP contribution in [0.2, 0.25) is 10.0 Å². The van der Waals surface area contributed by atoms with Crippen LogP contribution >= 0.6 is 23.2 Å². The van der Waals surface area contributed by atoms with Gasteiger partial charge in [-0.2, -0.15) is 0 Å². The molecule has 0 aliphatic heterocycles. The van der Waals surface area contributed by atoms with E-state index in [1.807, 2.05) is 24.3 Å². The summed E-state index contributed by atoms with van der Waals surface area (Å²) in [6, 6.07) is 17.9. The van der Waals surface area contributed by atoms with Crippen LogP contribution in [-0.4, -0.2) is 34.7 Å². The number of nitrogens with zero attached hydrogens (tertiary/aromatic N) is 1. The molecule has 0 radical (unpaired) electrons. The maximum absolute atomic E-state index is 13.7. The number of benzene rings is 3. The third kappa shape index (κ3) is 6.47. The molecule has 9 heteroatoms. The van der Waals surface area contributed by atoms with Gasteiger partial charge in [0, 0.05) is 10.6 Å². The lowest BCUT2D eigenvalue weighted by Crippen LogP contribution is -2.54. The lowest BCUT2D eigenvalue weighted by atomic mass is 9.83. The SMILES string of the molecule is CC[C@H](NC(=O)C(NC(=O)c1ccc(-c2ccccc2Cl)cc1Cl)C1CCCCC1)C(=O)c1nc2ccccc2o1. The highest BCUT2D eigenvalue weighted by Crippen LogP contribution is 2.32. The monoisotopic (exact) mass is 591 g/mol. The normalized spacial score (nSPS) is 15.3. The molecular formula is C32H31Cl2N3O4. The van der Waals surface area contributed by atoms with E-state index in [1.54, 1.807) is 49.4 Å². The quantitative estimate of drug-likeness (QED) is 0.199. The summed E-state index contributed by atoms with van der Waals surface area (Å²) < 4.78 is 5.65. The number of rotatable bonds is 9. The standard InChI is InChI=1S/C32H31Cl2N3O4/c1-2-25(29(38)32-36-26-14-8-9-15-27(26)41-32)35-31(40)28(19-10-4-3-5-11-19)37-30(39)22-17-16-20(18-24(22)34)21-12-6-7-13-23(21)33/h6-9,12-19,25,28H,2-5,10-11H2,1H3,(H,35,40)(H,37,39)/t25-,28?/m0/s1. The smallest absolute Gasteiger partial charge is 0.266 e. The summed E-state index contributed by atoms with van der Waals surface area (Å²) in [4.78, 5) is 44.7. The molecule has 2 amide bonds. The molecule has 1 aromatic heterocycles. The number of hydrogen-bond donors (Lipinski definition) is 2. The molecule has 7 nitrogen and oxygen atoms in total. The van der Waals surface area contributed by atoms with Gasteiger partial charge in [-0.25, -0.2) is 4.98 Å². The van der Waals surface area contributed by atoms with Crippen molar-refractivity contribution in [2.45, 2.75) is 57.5 Å². The molecule has 3 aromatic carbocycles. The average molecular weight is 593 g/mol. The highest BCUT2D eigenvalue weighted by atomic mass is 35.5. The van der Waals surface area contributed by atoms with Gasteiger partial charge in [-0.15, -0.1) is 0 Å². The van der Waals surface area contributed by atoms with Crippen molar-refractivity contribution < 1.29 is 18.8 Å².